The zero-order chi connectivity index (χ0) is 18.6. The third-order valence-electron chi connectivity index (χ3n) is 3.62. The van der Waals surface area contributed by atoms with Crippen molar-refractivity contribution < 1.29 is 17.9 Å². The number of rotatable bonds is 6. The van der Waals surface area contributed by atoms with Gasteiger partial charge in [-0.1, -0.05) is 29.8 Å². The molecule has 6 nitrogen and oxygen atoms in total. The van der Waals surface area contributed by atoms with Crippen molar-refractivity contribution >= 4 is 38.9 Å². The predicted octanol–water partition coefficient (Wildman–Crippen LogP) is 2.78. The molecule has 0 aliphatic carbocycles. The Morgan fingerprint density at radius 2 is 1.76 bits per heavy atom. The van der Waals surface area contributed by atoms with Crippen LogP contribution >= 0.6 is 11.6 Å². The number of anilines is 2. The van der Waals surface area contributed by atoms with Crippen LogP contribution in [0.5, 0.6) is 5.75 Å². The van der Waals surface area contributed by atoms with E-state index in [1.165, 1.54) is 18.1 Å². The molecule has 1 amide bonds. The molecule has 0 bridgehead atoms. The number of halogens is 1. The van der Waals surface area contributed by atoms with Crippen LogP contribution in [0.15, 0.2) is 48.5 Å². The van der Waals surface area contributed by atoms with E-state index in [0.717, 1.165) is 10.6 Å². The Balaban J connectivity index is 2.30. The van der Waals surface area contributed by atoms with Gasteiger partial charge in [-0.15, -0.1) is 0 Å². The van der Waals surface area contributed by atoms with Gasteiger partial charge in [-0.05, 0) is 30.3 Å². The molecule has 0 heterocycles. The normalized spacial score (nSPS) is 11.0. The summed E-state index contributed by atoms with van der Waals surface area (Å²) < 4.78 is 30.4. The third-order valence-corrected chi connectivity index (χ3v) is 5.06. The summed E-state index contributed by atoms with van der Waals surface area (Å²) in [5.41, 5.74) is 0.969. The number of nitrogens with zero attached hydrogens (tertiary/aromatic N) is 2. The number of amides is 1. The molecule has 134 valence electrons. The fraction of sp³-hybridized carbons (Fsp3) is 0.235. The maximum absolute atomic E-state index is 12.5. The number of sulfonamides is 1. The Kier molecular flexibility index (Phi) is 5.92. The van der Waals surface area contributed by atoms with Crippen molar-refractivity contribution in [2.24, 2.45) is 0 Å². The minimum atomic E-state index is -3.68. The second-order valence-electron chi connectivity index (χ2n) is 5.38. The first kappa shape index (κ1) is 19.1. The van der Waals surface area contributed by atoms with E-state index < -0.39 is 10.0 Å². The van der Waals surface area contributed by atoms with E-state index in [1.807, 2.05) is 6.07 Å². The number of methoxy groups -OCH3 is 1. The molecule has 0 N–H and O–H groups in total. The Hall–Kier alpha value is -2.25. The average molecular weight is 383 g/mol. The molecule has 2 rings (SSSR count). The summed E-state index contributed by atoms with van der Waals surface area (Å²) in [6, 6.07) is 13.5. The predicted molar refractivity (Wildman–Crippen MR) is 100 cm³/mol. The van der Waals surface area contributed by atoms with Crippen LogP contribution in [0.2, 0.25) is 5.02 Å². The van der Waals surface area contributed by atoms with Crippen LogP contribution in [0, 0.1) is 0 Å². The van der Waals surface area contributed by atoms with Gasteiger partial charge in [0.15, 0.2) is 0 Å². The molecular formula is C17H19ClN2O4S. The molecule has 2 aromatic carbocycles. The second kappa shape index (κ2) is 7.76. The molecule has 0 aromatic heterocycles. The number of carbonyl (C=O) groups excluding carboxylic acids is 1. The molecule has 0 atom stereocenters. The van der Waals surface area contributed by atoms with Crippen LogP contribution < -0.4 is 13.9 Å². The van der Waals surface area contributed by atoms with Gasteiger partial charge in [0, 0.05) is 12.7 Å². The van der Waals surface area contributed by atoms with Gasteiger partial charge < -0.3 is 9.64 Å². The number of likely N-dealkylation sites (N-methyl/N-ethyl adjacent to an activating group) is 1. The number of hydrogen-bond donors (Lipinski definition) is 0. The van der Waals surface area contributed by atoms with Crippen LogP contribution in [0.3, 0.4) is 0 Å². The minimum absolute atomic E-state index is 0.262. The lowest BCUT2D eigenvalue weighted by atomic mass is 10.3. The van der Waals surface area contributed by atoms with E-state index in [1.54, 1.807) is 43.4 Å². The molecule has 0 aliphatic heterocycles. The van der Waals surface area contributed by atoms with E-state index in [9.17, 15) is 13.2 Å². The summed E-state index contributed by atoms with van der Waals surface area (Å²) in [6.45, 7) is -0.340. The number of carbonyl (C=O) groups is 1. The van der Waals surface area contributed by atoms with Gasteiger partial charge in [0.1, 0.15) is 12.3 Å². The SMILES string of the molecule is COc1ccc(N(CC(=O)N(C)c2ccccc2)S(C)(=O)=O)cc1Cl. The Labute approximate surface area is 152 Å². The number of para-hydroxylation sites is 1. The highest BCUT2D eigenvalue weighted by Crippen LogP contribution is 2.30. The first-order valence-corrected chi connectivity index (χ1v) is 9.59. The van der Waals surface area contributed by atoms with Gasteiger partial charge in [-0.3, -0.25) is 9.10 Å². The van der Waals surface area contributed by atoms with Crippen LogP contribution in [-0.2, 0) is 14.8 Å². The molecule has 0 spiro atoms. The van der Waals surface area contributed by atoms with Crippen LogP contribution in [-0.4, -0.2) is 41.3 Å². The average Bonchev–Trinajstić information content (AvgIpc) is 2.58. The van der Waals surface area contributed by atoms with Crippen molar-refractivity contribution in [2.75, 3.05) is 36.2 Å². The summed E-state index contributed by atoms with van der Waals surface area (Å²) in [5, 5.41) is 0.262. The summed E-state index contributed by atoms with van der Waals surface area (Å²) in [6.07, 6.45) is 1.04. The number of hydrogen-bond acceptors (Lipinski definition) is 4. The summed E-state index contributed by atoms with van der Waals surface area (Å²) in [7, 11) is -0.617. The first-order chi connectivity index (χ1) is 11.7. The van der Waals surface area contributed by atoms with Crippen molar-refractivity contribution in [3.05, 3.63) is 53.6 Å². The zero-order valence-electron chi connectivity index (χ0n) is 14.1. The highest BCUT2D eigenvalue weighted by atomic mass is 35.5. The monoisotopic (exact) mass is 382 g/mol. The maximum atomic E-state index is 12.5. The largest absolute Gasteiger partial charge is 0.495 e. The van der Waals surface area contributed by atoms with Crippen molar-refractivity contribution in [1.82, 2.24) is 0 Å². The van der Waals surface area contributed by atoms with Crippen LogP contribution in [0.25, 0.3) is 0 Å². The van der Waals surface area contributed by atoms with E-state index in [4.69, 9.17) is 16.3 Å². The van der Waals surface area contributed by atoms with Gasteiger partial charge in [-0.2, -0.15) is 0 Å². The van der Waals surface area contributed by atoms with Gasteiger partial charge in [0.05, 0.1) is 24.1 Å². The Morgan fingerprint density at radius 3 is 2.28 bits per heavy atom. The maximum Gasteiger partial charge on any atom is 0.247 e. The van der Waals surface area contributed by atoms with Crippen molar-refractivity contribution in [3.63, 3.8) is 0 Å². The molecule has 0 fully saturated rings. The highest BCUT2D eigenvalue weighted by Gasteiger charge is 2.24. The van der Waals surface area contributed by atoms with Gasteiger partial charge in [0.2, 0.25) is 15.9 Å². The smallest absolute Gasteiger partial charge is 0.247 e. The minimum Gasteiger partial charge on any atom is -0.495 e. The lowest BCUT2D eigenvalue weighted by Crippen LogP contribution is -2.41. The summed E-state index contributed by atoms with van der Waals surface area (Å²) >= 11 is 6.08. The third kappa shape index (κ3) is 4.64. The number of benzene rings is 2. The molecule has 0 radical (unpaired) electrons. The lowest BCUT2D eigenvalue weighted by molar-refractivity contribution is -0.116. The molecular weight excluding hydrogens is 364 g/mol. The molecule has 8 heteroatoms. The zero-order valence-corrected chi connectivity index (χ0v) is 15.7. The first-order valence-electron chi connectivity index (χ1n) is 7.37. The van der Waals surface area contributed by atoms with E-state index in [0.29, 0.717) is 17.1 Å². The second-order valence-corrected chi connectivity index (χ2v) is 7.69. The highest BCUT2D eigenvalue weighted by molar-refractivity contribution is 7.92. The van der Waals surface area contributed by atoms with Crippen molar-refractivity contribution in [3.8, 4) is 5.75 Å². The fourth-order valence-electron chi connectivity index (χ4n) is 2.23. The number of ether oxygens (including phenoxy) is 1. The summed E-state index contributed by atoms with van der Waals surface area (Å²) in [4.78, 5) is 14.0. The topological polar surface area (TPSA) is 66.9 Å². The Bertz CT molecular complexity index is 856. The lowest BCUT2D eigenvalue weighted by Gasteiger charge is -2.25. The van der Waals surface area contributed by atoms with E-state index >= 15 is 0 Å². The van der Waals surface area contributed by atoms with Gasteiger partial charge in [0.25, 0.3) is 0 Å². The van der Waals surface area contributed by atoms with Crippen LogP contribution in [0.1, 0.15) is 0 Å². The van der Waals surface area contributed by atoms with Crippen molar-refractivity contribution in [1.29, 1.82) is 0 Å². The Morgan fingerprint density at radius 1 is 1.12 bits per heavy atom. The van der Waals surface area contributed by atoms with Crippen LogP contribution in [0.4, 0.5) is 11.4 Å². The van der Waals surface area contributed by atoms with Crippen molar-refractivity contribution in [2.45, 2.75) is 0 Å². The molecule has 25 heavy (non-hydrogen) atoms. The van der Waals surface area contributed by atoms with E-state index in [2.05, 4.69) is 0 Å². The fourth-order valence-corrected chi connectivity index (χ4v) is 3.33. The molecule has 0 unspecified atom stereocenters. The molecule has 0 aliphatic rings. The molecule has 2 aromatic rings. The van der Waals surface area contributed by atoms with Gasteiger partial charge >= 0.3 is 0 Å². The summed E-state index contributed by atoms with van der Waals surface area (Å²) in [5.74, 6) is 0.0511. The standard InChI is InChI=1S/C17H19ClN2O4S/c1-19(13-7-5-4-6-8-13)17(21)12-20(25(3,22)23)14-9-10-16(24-2)15(18)11-14/h4-11H,12H2,1-3H3. The molecule has 0 saturated carbocycles. The quantitative estimate of drug-likeness (QED) is 0.770. The van der Waals surface area contributed by atoms with E-state index in [-0.39, 0.29) is 17.5 Å². The van der Waals surface area contributed by atoms with Gasteiger partial charge in [-0.25, -0.2) is 8.42 Å². The molecule has 0 saturated heterocycles.